The molecule has 0 fully saturated rings. The molecule has 1 rings (SSSR count). The number of halogens is 2. The molecule has 0 bridgehead atoms. The lowest BCUT2D eigenvalue weighted by Gasteiger charge is -2.15. The van der Waals surface area contributed by atoms with Gasteiger partial charge in [-0.05, 0) is 49.1 Å². The highest BCUT2D eigenvalue weighted by molar-refractivity contribution is 6.55. The van der Waals surface area contributed by atoms with E-state index in [4.69, 9.17) is 37.8 Å². The standard InChI is InChI=1S/C16H20Cl2O4/c1-3-12-10-13(21-8-6-14(17)18)9-11(2)16(12)22-7-4-5-15(19)20/h6,9-10H,3-5,7-8H2,1-2H3,(H,19,20). The second-order valence-corrected chi connectivity index (χ2v) is 5.74. The fourth-order valence-corrected chi connectivity index (χ4v) is 2.09. The molecule has 0 saturated heterocycles. The first-order chi connectivity index (χ1) is 10.4. The highest BCUT2D eigenvalue weighted by Crippen LogP contribution is 2.30. The molecule has 0 aliphatic heterocycles. The number of carboxylic acid groups (broad SMARTS) is 1. The molecule has 22 heavy (non-hydrogen) atoms. The quantitative estimate of drug-likeness (QED) is 0.669. The number of hydrogen-bond donors (Lipinski definition) is 1. The smallest absolute Gasteiger partial charge is 0.303 e. The molecule has 0 amide bonds. The number of ether oxygens (including phenoxy) is 2. The van der Waals surface area contributed by atoms with Crippen LogP contribution in [0.1, 0.15) is 30.9 Å². The third-order valence-corrected chi connectivity index (χ3v) is 3.28. The van der Waals surface area contributed by atoms with Gasteiger partial charge in [-0.15, -0.1) is 0 Å². The van der Waals surface area contributed by atoms with Crippen LogP contribution in [-0.4, -0.2) is 24.3 Å². The molecule has 0 aliphatic rings. The van der Waals surface area contributed by atoms with Gasteiger partial charge in [0.25, 0.3) is 0 Å². The largest absolute Gasteiger partial charge is 0.493 e. The van der Waals surface area contributed by atoms with Crippen molar-refractivity contribution in [3.05, 3.63) is 33.8 Å². The van der Waals surface area contributed by atoms with Gasteiger partial charge in [-0.1, -0.05) is 30.1 Å². The van der Waals surface area contributed by atoms with E-state index in [1.54, 1.807) is 6.08 Å². The molecule has 1 aromatic carbocycles. The van der Waals surface area contributed by atoms with Crippen LogP contribution in [0.3, 0.4) is 0 Å². The number of aryl methyl sites for hydroxylation is 2. The number of rotatable bonds is 9. The molecule has 0 spiro atoms. The van der Waals surface area contributed by atoms with Crippen molar-refractivity contribution in [3.8, 4) is 11.5 Å². The molecule has 0 aliphatic carbocycles. The fourth-order valence-electron chi connectivity index (χ4n) is 1.96. The Morgan fingerprint density at radius 3 is 2.64 bits per heavy atom. The lowest BCUT2D eigenvalue weighted by Crippen LogP contribution is -2.05. The van der Waals surface area contributed by atoms with Gasteiger partial charge in [-0.25, -0.2) is 0 Å². The first-order valence-electron chi connectivity index (χ1n) is 7.06. The van der Waals surface area contributed by atoms with Crippen molar-refractivity contribution in [2.24, 2.45) is 0 Å². The van der Waals surface area contributed by atoms with E-state index in [2.05, 4.69) is 0 Å². The van der Waals surface area contributed by atoms with Gasteiger partial charge in [0.2, 0.25) is 0 Å². The summed E-state index contributed by atoms with van der Waals surface area (Å²) < 4.78 is 11.5. The second kappa shape index (κ2) is 9.59. The lowest BCUT2D eigenvalue weighted by molar-refractivity contribution is -0.137. The van der Waals surface area contributed by atoms with Crippen molar-refractivity contribution < 1.29 is 19.4 Å². The third-order valence-electron chi connectivity index (χ3n) is 2.97. The maximum Gasteiger partial charge on any atom is 0.303 e. The molecule has 0 heterocycles. The number of carboxylic acids is 1. The minimum atomic E-state index is -0.814. The minimum Gasteiger partial charge on any atom is -0.493 e. The Morgan fingerprint density at radius 2 is 2.05 bits per heavy atom. The molecule has 0 unspecified atom stereocenters. The summed E-state index contributed by atoms with van der Waals surface area (Å²) in [5.41, 5.74) is 1.97. The van der Waals surface area contributed by atoms with E-state index in [1.807, 2.05) is 26.0 Å². The van der Waals surface area contributed by atoms with E-state index in [9.17, 15) is 4.79 Å². The SMILES string of the molecule is CCc1cc(OCC=C(Cl)Cl)cc(C)c1OCCCC(=O)O. The van der Waals surface area contributed by atoms with E-state index in [1.165, 1.54) is 0 Å². The van der Waals surface area contributed by atoms with Crippen molar-refractivity contribution in [3.63, 3.8) is 0 Å². The van der Waals surface area contributed by atoms with Gasteiger partial charge in [-0.2, -0.15) is 0 Å². The minimum absolute atomic E-state index is 0.104. The van der Waals surface area contributed by atoms with Crippen molar-refractivity contribution in [1.29, 1.82) is 0 Å². The van der Waals surface area contributed by atoms with Gasteiger partial charge in [0.05, 0.1) is 6.61 Å². The van der Waals surface area contributed by atoms with Crippen LogP contribution in [0.5, 0.6) is 11.5 Å². The Labute approximate surface area is 140 Å². The van der Waals surface area contributed by atoms with Gasteiger partial charge in [0.1, 0.15) is 22.6 Å². The summed E-state index contributed by atoms with van der Waals surface area (Å²) in [6.07, 6.45) is 2.95. The van der Waals surface area contributed by atoms with Gasteiger partial charge < -0.3 is 14.6 Å². The second-order valence-electron chi connectivity index (χ2n) is 4.73. The molecule has 0 saturated carbocycles. The van der Waals surface area contributed by atoms with Crippen LogP contribution in [0, 0.1) is 6.92 Å². The number of carbonyl (C=O) groups is 1. The van der Waals surface area contributed by atoms with Crippen LogP contribution < -0.4 is 9.47 Å². The Balaban J connectivity index is 2.73. The summed E-state index contributed by atoms with van der Waals surface area (Å²) in [6, 6.07) is 3.79. The van der Waals surface area contributed by atoms with Crippen LogP contribution in [-0.2, 0) is 11.2 Å². The van der Waals surface area contributed by atoms with Crippen molar-refractivity contribution in [2.75, 3.05) is 13.2 Å². The van der Waals surface area contributed by atoms with Crippen LogP contribution in [0.2, 0.25) is 0 Å². The van der Waals surface area contributed by atoms with Gasteiger partial charge in [0.15, 0.2) is 0 Å². The highest BCUT2D eigenvalue weighted by Gasteiger charge is 2.09. The van der Waals surface area contributed by atoms with E-state index < -0.39 is 5.97 Å². The zero-order valence-electron chi connectivity index (χ0n) is 12.7. The zero-order chi connectivity index (χ0) is 16.5. The van der Waals surface area contributed by atoms with Crippen LogP contribution in [0.4, 0.5) is 0 Å². The predicted molar refractivity (Wildman–Crippen MR) is 88.2 cm³/mol. The van der Waals surface area contributed by atoms with Crippen molar-refractivity contribution in [2.45, 2.75) is 33.1 Å². The molecule has 4 nitrogen and oxygen atoms in total. The Hall–Kier alpha value is -1.39. The number of hydrogen-bond acceptors (Lipinski definition) is 3. The Kier molecular flexibility index (Phi) is 8.13. The molecular formula is C16H20Cl2O4. The maximum absolute atomic E-state index is 10.5. The van der Waals surface area contributed by atoms with Gasteiger partial charge in [0, 0.05) is 6.42 Å². The number of benzene rings is 1. The molecule has 1 N–H and O–H groups in total. The molecule has 0 atom stereocenters. The maximum atomic E-state index is 10.5. The molecular weight excluding hydrogens is 327 g/mol. The predicted octanol–water partition coefficient (Wildman–Crippen LogP) is 4.50. The topological polar surface area (TPSA) is 55.8 Å². The van der Waals surface area contributed by atoms with Gasteiger partial charge >= 0.3 is 5.97 Å². The molecule has 1 aromatic rings. The van der Waals surface area contributed by atoms with Crippen molar-refractivity contribution in [1.82, 2.24) is 0 Å². The number of aliphatic carboxylic acids is 1. The molecule has 122 valence electrons. The first kappa shape index (κ1) is 18.7. The lowest BCUT2D eigenvalue weighted by atomic mass is 10.1. The monoisotopic (exact) mass is 346 g/mol. The van der Waals surface area contributed by atoms with Crippen LogP contribution in [0.25, 0.3) is 0 Å². The summed E-state index contributed by atoms with van der Waals surface area (Å²) in [5.74, 6) is 0.704. The summed E-state index contributed by atoms with van der Waals surface area (Å²) in [4.78, 5) is 10.5. The van der Waals surface area contributed by atoms with E-state index in [0.717, 1.165) is 29.0 Å². The highest BCUT2D eigenvalue weighted by atomic mass is 35.5. The zero-order valence-corrected chi connectivity index (χ0v) is 14.2. The summed E-state index contributed by atoms with van der Waals surface area (Å²) in [5, 5.41) is 8.63. The Morgan fingerprint density at radius 1 is 1.32 bits per heavy atom. The van der Waals surface area contributed by atoms with Crippen LogP contribution in [0.15, 0.2) is 22.7 Å². The molecule has 0 aromatic heterocycles. The third kappa shape index (κ3) is 6.58. The van der Waals surface area contributed by atoms with Crippen LogP contribution >= 0.6 is 23.2 Å². The van der Waals surface area contributed by atoms with Gasteiger partial charge in [-0.3, -0.25) is 4.79 Å². The molecule has 6 heteroatoms. The summed E-state index contributed by atoms with van der Waals surface area (Å²) in [7, 11) is 0. The fraction of sp³-hybridized carbons (Fsp3) is 0.438. The molecule has 0 radical (unpaired) electrons. The Bertz CT molecular complexity index is 537. The summed E-state index contributed by atoms with van der Waals surface area (Å²) in [6.45, 7) is 4.63. The summed E-state index contributed by atoms with van der Waals surface area (Å²) >= 11 is 11.1. The van der Waals surface area contributed by atoms with E-state index in [-0.39, 0.29) is 10.9 Å². The van der Waals surface area contributed by atoms with Crippen molar-refractivity contribution >= 4 is 29.2 Å². The van der Waals surface area contributed by atoms with E-state index >= 15 is 0 Å². The van der Waals surface area contributed by atoms with E-state index in [0.29, 0.717) is 19.6 Å². The first-order valence-corrected chi connectivity index (χ1v) is 7.81. The average molecular weight is 347 g/mol. The normalized spacial score (nSPS) is 10.2. The average Bonchev–Trinajstić information content (AvgIpc) is 2.44.